The fourth-order valence-electron chi connectivity index (χ4n) is 1.55. The third kappa shape index (κ3) is 3.40. The van der Waals surface area contributed by atoms with Gasteiger partial charge in [-0.2, -0.15) is 0 Å². The third-order valence-electron chi connectivity index (χ3n) is 2.59. The summed E-state index contributed by atoms with van der Waals surface area (Å²) in [5.74, 6) is -1.77. The minimum atomic E-state index is -0.707. The molecule has 0 aliphatic carbocycles. The maximum absolute atomic E-state index is 13.8. The average molecular weight is 256 g/mol. The smallest absolute Gasteiger partial charge is 0.150 e. The number of anilines is 1. The molecule has 0 unspecified atom stereocenters. The van der Waals surface area contributed by atoms with Crippen LogP contribution < -0.4 is 10.6 Å². The summed E-state index contributed by atoms with van der Waals surface area (Å²) in [6, 6.07) is 2.15. The van der Waals surface area contributed by atoms with Crippen LogP contribution in [0.1, 0.15) is 5.56 Å². The Morgan fingerprint density at radius 3 is 2.06 bits per heavy atom. The molecular formula is C12H18F2N4. The van der Waals surface area contributed by atoms with Gasteiger partial charge in [-0.1, -0.05) is 0 Å². The highest BCUT2D eigenvalue weighted by atomic mass is 19.1. The molecule has 0 aromatic heterocycles. The number of hydrogen-bond donors (Lipinski definition) is 2. The Bertz CT molecular complexity index is 423. The highest BCUT2D eigenvalue weighted by molar-refractivity contribution is 5.95. The van der Waals surface area contributed by atoms with Gasteiger partial charge in [0.1, 0.15) is 23.2 Å². The van der Waals surface area contributed by atoms with Gasteiger partial charge in [-0.15, -0.1) is 0 Å². The van der Waals surface area contributed by atoms with Crippen molar-refractivity contribution in [2.24, 2.45) is 5.73 Å². The van der Waals surface area contributed by atoms with Crippen molar-refractivity contribution in [2.75, 3.05) is 39.1 Å². The van der Waals surface area contributed by atoms with Gasteiger partial charge in [0.25, 0.3) is 0 Å². The number of nitrogens with one attached hydrogen (secondary N) is 1. The van der Waals surface area contributed by atoms with E-state index in [1.54, 1.807) is 7.05 Å². The van der Waals surface area contributed by atoms with E-state index in [0.717, 1.165) is 12.1 Å². The zero-order chi connectivity index (χ0) is 13.9. The molecule has 4 nitrogen and oxygen atoms in total. The van der Waals surface area contributed by atoms with Gasteiger partial charge in [0.05, 0.1) is 0 Å². The fraction of sp³-hybridized carbons (Fsp3) is 0.417. The third-order valence-corrected chi connectivity index (χ3v) is 2.59. The van der Waals surface area contributed by atoms with Crippen molar-refractivity contribution in [3.63, 3.8) is 0 Å². The molecule has 0 radical (unpaired) electrons. The van der Waals surface area contributed by atoms with Crippen molar-refractivity contribution >= 4 is 11.5 Å². The second kappa shape index (κ2) is 5.77. The first-order valence-corrected chi connectivity index (χ1v) is 5.52. The molecule has 1 aromatic rings. The van der Waals surface area contributed by atoms with Crippen LogP contribution in [0.15, 0.2) is 12.1 Å². The molecule has 18 heavy (non-hydrogen) atoms. The van der Waals surface area contributed by atoms with E-state index in [9.17, 15) is 8.78 Å². The van der Waals surface area contributed by atoms with Crippen LogP contribution in [0.2, 0.25) is 0 Å². The molecule has 1 aromatic carbocycles. The lowest BCUT2D eigenvalue weighted by atomic mass is 10.1. The van der Waals surface area contributed by atoms with E-state index in [2.05, 4.69) is 0 Å². The molecule has 3 N–H and O–H groups in total. The summed E-state index contributed by atoms with van der Waals surface area (Å²) in [7, 11) is 5.40. The van der Waals surface area contributed by atoms with Gasteiger partial charge in [-0.05, 0) is 26.2 Å². The molecular weight excluding hydrogens is 238 g/mol. The molecule has 100 valence electrons. The number of nitrogens with two attached hydrogens (primary N) is 1. The molecule has 0 aliphatic rings. The van der Waals surface area contributed by atoms with E-state index in [0.29, 0.717) is 13.1 Å². The molecule has 1 rings (SSSR count). The molecule has 0 aliphatic heterocycles. The van der Waals surface area contributed by atoms with Gasteiger partial charge in [0, 0.05) is 25.7 Å². The molecule has 0 saturated heterocycles. The average Bonchev–Trinajstić information content (AvgIpc) is 2.25. The molecule has 0 saturated carbocycles. The Hall–Kier alpha value is -1.69. The minimum Gasteiger partial charge on any atom is -0.384 e. The van der Waals surface area contributed by atoms with Crippen molar-refractivity contribution < 1.29 is 8.78 Å². The lowest BCUT2D eigenvalue weighted by Crippen LogP contribution is -2.30. The van der Waals surface area contributed by atoms with Crippen LogP contribution in [-0.4, -0.2) is 45.0 Å². The van der Waals surface area contributed by atoms with Crippen LogP contribution in [0.25, 0.3) is 0 Å². The van der Waals surface area contributed by atoms with Crippen molar-refractivity contribution in [3.05, 3.63) is 29.3 Å². The second-order valence-corrected chi connectivity index (χ2v) is 4.43. The Labute approximate surface area is 105 Å². The number of nitrogen functional groups attached to an aromatic ring is 1. The number of benzene rings is 1. The number of nitrogens with zero attached hydrogens (tertiary/aromatic N) is 2. The molecule has 6 heteroatoms. The van der Waals surface area contributed by atoms with Crippen molar-refractivity contribution in [3.8, 4) is 0 Å². The molecule has 0 spiro atoms. The maximum Gasteiger partial charge on any atom is 0.150 e. The number of rotatable bonds is 5. The largest absolute Gasteiger partial charge is 0.384 e. The summed E-state index contributed by atoms with van der Waals surface area (Å²) >= 11 is 0. The van der Waals surface area contributed by atoms with Crippen molar-refractivity contribution in [1.29, 1.82) is 5.41 Å². The second-order valence-electron chi connectivity index (χ2n) is 4.43. The number of amidine groups is 1. The van der Waals surface area contributed by atoms with Crippen LogP contribution in [0.5, 0.6) is 0 Å². The van der Waals surface area contributed by atoms with Gasteiger partial charge in [0.2, 0.25) is 0 Å². The lowest BCUT2D eigenvalue weighted by molar-refractivity contribution is 0.414. The summed E-state index contributed by atoms with van der Waals surface area (Å²) in [5.41, 5.74) is 5.16. The standard InChI is InChI=1S/C12H18F2N4/c1-17(2)4-5-18(3)11-9(13)6-8(12(15)16)7-10(11)14/h6-7H,4-5H2,1-3H3,(H3,15,16). The van der Waals surface area contributed by atoms with Crippen LogP contribution in [0, 0.1) is 17.0 Å². The monoisotopic (exact) mass is 256 g/mol. The number of hydrogen-bond acceptors (Lipinski definition) is 3. The SMILES string of the molecule is CN(C)CCN(C)c1c(F)cc(C(=N)N)cc1F. The predicted octanol–water partition coefficient (Wildman–Crippen LogP) is 1.25. The fourth-order valence-corrected chi connectivity index (χ4v) is 1.55. The van der Waals surface area contributed by atoms with Crippen molar-refractivity contribution in [2.45, 2.75) is 0 Å². The predicted molar refractivity (Wildman–Crippen MR) is 69.2 cm³/mol. The van der Waals surface area contributed by atoms with Crippen LogP contribution in [-0.2, 0) is 0 Å². The first kappa shape index (κ1) is 14.4. The Kier molecular flexibility index (Phi) is 4.61. The quantitative estimate of drug-likeness (QED) is 0.615. The van der Waals surface area contributed by atoms with E-state index < -0.39 is 11.6 Å². The topological polar surface area (TPSA) is 56.4 Å². The van der Waals surface area contributed by atoms with Crippen LogP contribution in [0.4, 0.5) is 14.5 Å². The highest BCUT2D eigenvalue weighted by Gasteiger charge is 2.16. The normalized spacial score (nSPS) is 10.8. The van der Waals surface area contributed by atoms with Crippen LogP contribution >= 0.6 is 0 Å². The minimum absolute atomic E-state index is 0.0507. The molecule has 0 fully saturated rings. The van der Waals surface area contributed by atoms with E-state index in [1.165, 1.54) is 4.90 Å². The first-order valence-electron chi connectivity index (χ1n) is 5.52. The Morgan fingerprint density at radius 2 is 1.67 bits per heavy atom. The van der Waals surface area contributed by atoms with E-state index >= 15 is 0 Å². The summed E-state index contributed by atoms with van der Waals surface area (Å²) in [5, 5.41) is 7.17. The molecule has 0 amide bonds. The summed E-state index contributed by atoms with van der Waals surface area (Å²) in [6.07, 6.45) is 0. The lowest BCUT2D eigenvalue weighted by Gasteiger charge is -2.22. The van der Waals surface area contributed by atoms with Crippen LogP contribution in [0.3, 0.4) is 0 Å². The number of halogens is 2. The highest BCUT2D eigenvalue weighted by Crippen LogP contribution is 2.23. The summed E-state index contributed by atoms with van der Waals surface area (Å²) in [4.78, 5) is 3.44. The van der Waals surface area contributed by atoms with Gasteiger partial charge in [-0.3, -0.25) is 5.41 Å². The van der Waals surface area contributed by atoms with E-state index in [4.69, 9.17) is 11.1 Å². The van der Waals surface area contributed by atoms with Gasteiger partial charge in [0.15, 0.2) is 0 Å². The van der Waals surface area contributed by atoms with Gasteiger partial charge >= 0.3 is 0 Å². The number of likely N-dealkylation sites (N-methyl/N-ethyl adjacent to an activating group) is 2. The molecule has 0 heterocycles. The van der Waals surface area contributed by atoms with Crippen molar-refractivity contribution in [1.82, 2.24) is 4.90 Å². The van der Waals surface area contributed by atoms with E-state index in [1.807, 2.05) is 19.0 Å². The zero-order valence-electron chi connectivity index (χ0n) is 10.8. The molecule has 0 atom stereocenters. The molecule has 0 bridgehead atoms. The zero-order valence-corrected chi connectivity index (χ0v) is 10.8. The Morgan fingerprint density at radius 1 is 1.17 bits per heavy atom. The first-order chi connectivity index (χ1) is 8.32. The summed E-state index contributed by atoms with van der Waals surface area (Å²) < 4.78 is 27.6. The Balaban J connectivity index is 2.99. The van der Waals surface area contributed by atoms with Gasteiger partial charge in [-0.25, -0.2) is 8.78 Å². The maximum atomic E-state index is 13.8. The summed E-state index contributed by atoms with van der Waals surface area (Å²) in [6.45, 7) is 1.18. The van der Waals surface area contributed by atoms with E-state index in [-0.39, 0.29) is 17.1 Å². The van der Waals surface area contributed by atoms with Gasteiger partial charge < -0.3 is 15.5 Å².